The quantitative estimate of drug-likeness (QED) is 0.889. The average Bonchev–Trinajstić information content (AvgIpc) is 2.95. The zero-order valence-electron chi connectivity index (χ0n) is 12.0. The van der Waals surface area contributed by atoms with Gasteiger partial charge in [-0.15, -0.1) is 0 Å². The van der Waals surface area contributed by atoms with Crippen LogP contribution in [0.1, 0.15) is 31.7 Å². The second-order valence-corrected chi connectivity index (χ2v) is 5.76. The summed E-state index contributed by atoms with van der Waals surface area (Å²) >= 11 is 0. The maximum absolute atomic E-state index is 12.7. The molecule has 0 saturated carbocycles. The minimum Gasteiger partial charge on any atom is -0.493 e. The van der Waals surface area contributed by atoms with Crippen molar-refractivity contribution in [1.82, 2.24) is 5.32 Å². The van der Waals surface area contributed by atoms with Gasteiger partial charge in [-0.2, -0.15) is 0 Å². The standard InChI is InChI=1S/C16H22N2O2/c1-2-16(6-8-17-9-7-16)15(19)18-13-3-4-14-12(11-13)5-10-20-14/h3-4,11,17H,2,5-10H2,1H3,(H,18,19). The third-order valence-electron chi connectivity index (χ3n) is 4.67. The molecule has 4 nitrogen and oxygen atoms in total. The number of rotatable bonds is 3. The molecule has 1 aromatic rings. The Morgan fingerprint density at radius 1 is 1.40 bits per heavy atom. The summed E-state index contributed by atoms with van der Waals surface area (Å²) in [4.78, 5) is 12.7. The van der Waals surface area contributed by atoms with Crippen molar-refractivity contribution in [3.05, 3.63) is 23.8 Å². The number of carbonyl (C=O) groups excluding carboxylic acids is 1. The summed E-state index contributed by atoms with van der Waals surface area (Å²) in [7, 11) is 0. The predicted octanol–water partition coefficient (Wildman–Crippen LogP) is 2.34. The van der Waals surface area contributed by atoms with Gasteiger partial charge in [-0.25, -0.2) is 0 Å². The highest BCUT2D eigenvalue weighted by atomic mass is 16.5. The monoisotopic (exact) mass is 274 g/mol. The molecule has 4 heteroatoms. The van der Waals surface area contributed by atoms with E-state index in [1.54, 1.807) is 0 Å². The minimum absolute atomic E-state index is 0.167. The molecule has 1 saturated heterocycles. The average molecular weight is 274 g/mol. The molecule has 1 amide bonds. The van der Waals surface area contributed by atoms with Crippen molar-refractivity contribution >= 4 is 11.6 Å². The Balaban J connectivity index is 1.74. The first-order chi connectivity index (χ1) is 9.73. The molecule has 0 bridgehead atoms. The number of hydrogen-bond donors (Lipinski definition) is 2. The summed E-state index contributed by atoms with van der Waals surface area (Å²) in [6.45, 7) is 4.72. The van der Waals surface area contributed by atoms with Gasteiger partial charge in [0.2, 0.25) is 5.91 Å². The third kappa shape index (κ3) is 2.40. The van der Waals surface area contributed by atoms with Gasteiger partial charge in [-0.3, -0.25) is 4.79 Å². The van der Waals surface area contributed by atoms with Gasteiger partial charge in [0.1, 0.15) is 5.75 Å². The lowest BCUT2D eigenvalue weighted by atomic mass is 9.76. The van der Waals surface area contributed by atoms with E-state index in [9.17, 15) is 4.79 Å². The summed E-state index contributed by atoms with van der Waals surface area (Å²) in [6.07, 6.45) is 3.67. The first kappa shape index (κ1) is 13.4. The van der Waals surface area contributed by atoms with Gasteiger partial charge in [0.25, 0.3) is 0 Å². The fraction of sp³-hybridized carbons (Fsp3) is 0.562. The van der Waals surface area contributed by atoms with E-state index in [2.05, 4.69) is 17.6 Å². The molecule has 0 radical (unpaired) electrons. The molecule has 2 heterocycles. The van der Waals surface area contributed by atoms with Gasteiger partial charge < -0.3 is 15.4 Å². The summed E-state index contributed by atoms with van der Waals surface area (Å²) in [6, 6.07) is 5.94. The van der Waals surface area contributed by atoms with Crippen LogP contribution in [0.2, 0.25) is 0 Å². The Kier molecular flexibility index (Phi) is 3.66. The number of carbonyl (C=O) groups is 1. The smallest absolute Gasteiger partial charge is 0.230 e. The number of nitrogens with one attached hydrogen (secondary N) is 2. The molecule has 0 unspecified atom stereocenters. The highest BCUT2D eigenvalue weighted by Crippen LogP contribution is 2.35. The van der Waals surface area contributed by atoms with Crippen molar-refractivity contribution in [1.29, 1.82) is 0 Å². The predicted molar refractivity (Wildman–Crippen MR) is 79.1 cm³/mol. The van der Waals surface area contributed by atoms with Crippen molar-refractivity contribution < 1.29 is 9.53 Å². The van der Waals surface area contributed by atoms with Crippen LogP contribution in [0.4, 0.5) is 5.69 Å². The Bertz CT molecular complexity index is 507. The molecule has 2 aliphatic heterocycles. The van der Waals surface area contributed by atoms with Crippen LogP contribution in [-0.2, 0) is 11.2 Å². The van der Waals surface area contributed by atoms with Gasteiger partial charge in [0, 0.05) is 12.1 Å². The summed E-state index contributed by atoms with van der Waals surface area (Å²) in [5.41, 5.74) is 1.88. The van der Waals surface area contributed by atoms with E-state index in [4.69, 9.17) is 4.74 Å². The summed E-state index contributed by atoms with van der Waals surface area (Å²) in [5, 5.41) is 6.44. The first-order valence-corrected chi connectivity index (χ1v) is 7.51. The van der Waals surface area contributed by atoms with E-state index >= 15 is 0 Å². The minimum atomic E-state index is -0.208. The van der Waals surface area contributed by atoms with Crippen molar-refractivity contribution in [2.45, 2.75) is 32.6 Å². The molecule has 0 spiro atoms. The molecule has 20 heavy (non-hydrogen) atoms. The van der Waals surface area contributed by atoms with E-state index in [0.717, 1.165) is 56.8 Å². The van der Waals surface area contributed by atoms with Crippen molar-refractivity contribution in [2.75, 3.05) is 25.0 Å². The Labute approximate surface area is 119 Å². The highest BCUT2D eigenvalue weighted by molar-refractivity contribution is 5.95. The molecule has 2 N–H and O–H groups in total. The number of ether oxygens (including phenoxy) is 1. The molecule has 3 rings (SSSR count). The molecular formula is C16H22N2O2. The molecule has 1 aromatic carbocycles. The highest BCUT2D eigenvalue weighted by Gasteiger charge is 2.37. The fourth-order valence-electron chi connectivity index (χ4n) is 3.17. The molecule has 0 aromatic heterocycles. The number of benzene rings is 1. The van der Waals surface area contributed by atoms with Gasteiger partial charge in [0.15, 0.2) is 0 Å². The number of piperidine rings is 1. The normalized spacial score (nSPS) is 20.1. The Hall–Kier alpha value is -1.55. The van der Waals surface area contributed by atoms with Gasteiger partial charge in [-0.1, -0.05) is 6.92 Å². The van der Waals surface area contributed by atoms with Crippen LogP contribution in [0, 0.1) is 5.41 Å². The largest absolute Gasteiger partial charge is 0.493 e. The zero-order chi connectivity index (χ0) is 14.0. The maximum Gasteiger partial charge on any atom is 0.230 e. The van der Waals surface area contributed by atoms with Gasteiger partial charge in [-0.05, 0) is 56.1 Å². The topological polar surface area (TPSA) is 50.4 Å². The van der Waals surface area contributed by atoms with Crippen molar-refractivity contribution in [3.8, 4) is 5.75 Å². The first-order valence-electron chi connectivity index (χ1n) is 7.51. The molecule has 1 fully saturated rings. The van der Waals surface area contributed by atoms with E-state index in [1.807, 2.05) is 18.2 Å². The number of fused-ring (bicyclic) bond motifs is 1. The van der Waals surface area contributed by atoms with Gasteiger partial charge in [0.05, 0.1) is 12.0 Å². The van der Waals surface area contributed by atoms with E-state index < -0.39 is 0 Å². The number of hydrogen-bond acceptors (Lipinski definition) is 3. The molecule has 2 aliphatic rings. The van der Waals surface area contributed by atoms with Crippen LogP contribution in [-0.4, -0.2) is 25.6 Å². The van der Waals surface area contributed by atoms with Crippen LogP contribution in [0.5, 0.6) is 5.75 Å². The summed E-state index contributed by atoms with van der Waals surface area (Å²) < 4.78 is 5.49. The molecule has 108 valence electrons. The SMILES string of the molecule is CCC1(C(=O)Nc2ccc3c(c2)CCO3)CCNCC1. The Morgan fingerprint density at radius 3 is 2.95 bits per heavy atom. The van der Waals surface area contributed by atoms with Crippen molar-refractivity contribution in [2.24, 2.45) is 5.41 Å². The number of amides is 1. The lowest BCUT2D eigenvalue weighted by Gasteiger charge is -2.35. The Morgan fingerprint density at radius 2 is 2.20 bits per heavy atom. The van der Waals surface area contributed by atoms with Crippen LogP contribution in [0.25, 0.3) is 0 Å². The van der Waals surface area contributed by atoms with Crippen molar-refractivity contribution in [3.63, 3.8) is 0 Å². The second-order valence-electron chi connectivity index (χ2n) is 5.76. The number of anilines is 1. The zero-order valence-corrected chi connectivity index (χ0v) is 12.0. The van der Waals surface area contributed by atoms with Crippen LogP contribution in [0.15, 0.2) is 18.2 Å². The lowest BCUT2D eigenvalue weighted by Crippen LogP contribution is -2.44. The maximum atomic E-state index is 12.7. The van der Waals surface area contributed by atoms with E-state index in [0.29, 0.717) is 0 Å². The fourth-order valence-corrected chi connectivity index (χ4v) is 3.17. The molecule has 0 aliphatic carbocycles. The van der Waals surface area contributed by atoms with Crippen LogP contribution >= 0.6 is 0 Å². The second kappa shape index (κ2) is 5.44. The summed E-state index contributed by atoms with van der Waals surface area (Å²) in [5.74, 6) is 1.12. The van der Waals surface area contributed by atoms with Gasteiger partial charge >= 0.3 is 0 Å². The van der Waals surface area contributed by atoms with E-state index in [-0.39, 0.29) is 11.3 Å². The lowest BCUT2D eigenvalue weighted by molar-refractivity contribution is -0.127. The molecular weight excluding hydrogens is 252 g/mol. The third-order valence-corrected chi connectivity index (χ3v) is 4.67. The van der Waals surface area contributed by atoms with Crippen LogP contribution < -0.4 is 15.4 Å². The van der Waals surface area contributed by atoms with E-state index in [1.165, 1.54) is 5.56 Å². The van der Waals surface area contributed by atoms with Crippen LogP contribution in [0.3, 0.4) is 0 Å². The molecule has 0 atom stereocenters.